The number of allylic oxidation sites excluding steroid dienone is 1. The molecular weight excluding hydrogens is 204 g/mol. The molecule has 0 saturated carbocycles. The van der Waals surface area contributed by atoms with E-state index in [9.17, 15) is 0 Å². The smallest absolute Gasteiger partial charge is 0.138 e. The van der Waals surface area contributed by atoms with Crippen LogP contribution >= 0.6 is 24.2 Å². The van der Waals surface area contributed by atoms with Crippen LogP contribution in [-0.2, 0) is 0 Å². The number of nitrogens with two attached hydrogens (primary N) is 1. The van der Waals surface area contributed by atoms with Crippen LogP contribution in [0.5, 0.6) is 0 Å². The molecule has 0 atom stereocenters. The van der Waals surface area contributed by atoms with Crippen LogP contribution in [0, 0.1) is 0 Å². The number of hydrogen-bond donors (Lipinski definition) is 2. The van der Waals surface area contributed by atoms with Gasteiger partial charge in [-0.25, -0.2) is 4.98 Å². The quantitative estimate of drug-likeness (QED) is 0.600. The van der Waals surface area contributed by atoms with Crippen LogP contribution in [0.25, 0.3) is 6.08 Å². The number of nitrogens with zero attached hydrogens (tertiary/aromatic N) is 1. The summed E-state index contributed by atoms with van der Waals surface area (Å²) >= 11 is 9.93. The van der Waals surface area contributed by atoms with Crippen molar-refractivity contribution in [2.75, 3.05) is 11.5 Å². The van der Waals surface area contributed by atoms with Gasteiger partial charge in [-0.05, 0) is 18.2 Å². The summed E-state index contributed by atoms with van der Waals surface area (Å²) in [5.74, 6) is 0.814. The topological polar surface area (TPSA) is 38.9 Å². The largest absolute Gasteiger partial charge is 0.398 e. The molecule has 0 fully saturated rings. The lowest BCUT2D eigenvalue weighted by atomic mass is 10.2. The third-order valence-electron chi connectivity index (χ3n) is 1.56. The van der Waals surface area contributed by atoms with E-state index >= 15 is 0 Å². The minimum Gasteiger partial charge on any atom is -0.398 e. The molecule has 1 heterocycles. The average Bonchev–Trinajstić information content (AvgIpc) is 2.10. The Morgan fingerprint density at radius 1 is 1.62 bits per heavy atom. The molecule has 70 valence electrons. The van der Waals surface area contributed by atoms with Crippen molar-refractivity contribution >= 4 is 36.0 Å². The van der Waals surface area contributed by atoms with Gasteiger partial charge in [0.15, 0.2) is 0 Å². The number of pyridine rings is 1. The van der Waals surface area contributed by atoms with Crippen molar-refractivity contribution in [1.29, 1.82) is 0 Å². The maximum Gasteiger partial charge on any atom is 0.138 e. The van der Waals surface area contributed by atoms with E-state index in [2.05, 4.69) is 17.6 Å². The summed E-state index contributed by atoms with van der Waals surface area (Å²) < 4.78 is 0. The average molecular weight is 215 g/mol. The molecule has 0 unspecified atom stereocenters. The molecule has 0 aromatic carbocycles. The highest BCUT2D eigenvalue weighted by molar-refractivity contribution is 7.80. The van der Waals surface area contributed by atoms with Gasteiger partial charge in [-0.2, -0.15) is 12.6 Å². The molecule has 1 rings (SSSR count). The number of anilines is 1. The lowest BCUT2D eigenvalue weighted by Crippen LogP contribution is -1.91. The van der Waals surface area contributed by atoms with Gasteiger partial charge >= 0.3 is 0 Å². The maximum absolute atomic E-state index is 5.85. The van der Waals surface area contributed by atoms with E-state index in [0.717, 1.165) is 17.7 Å². The minimum absolute atomic E-state index is 0.440. The highest BCUT2D eigenvalue weighted by atomic mass is 35.5. The van der Waals surface area contributed by atoms with Gasteiger partial charge in [-0.3, -0.25) is 0 Å². The number of hydrogen-bond acceptors (Lipinski definition) is 3. The van der Waals surface area contributed by atoms with Gasteiger partial charge in [0.2, 0.25) is 0 Å². The van der Waals surface area contributed by atoms with Crippen molar-refractivity contribution in [2.45, 2.75) is 6.42 Å². The monoisotopic (exact) mass is 214 g/mol. The molecule has 0 aliphatic heterocycles. The number of halogens is 1. The second-order valence-electron chi connectivity index (χ2n) is 2.52. The summed E-state index contributed by atoms with van der Waals surface area (Å²) in [6.45, 7) is 0. The summed E-state index contributed by atoms with van der Waals surface area (Å²) in [5, 5.41) is 0.440. The van der Waals surface area contributed by atoms with Gasteiger partial charge in [0, 0.05) is 17.4 Å². The first-order valence-electron chi connectivity index (χ1n) is 3.93. The number of aromatic nitrogens is 1. The van der Waals surface area contributed by atoms with E-state index in [1.54, 1.807) is 12.3 Å². The normalized spacial score (nSPS) is 10.9. The standard InChI is InChI=1S/C9H11ClN2S/c10-9-7(3-1-2-6-13)8(11)4-5-12-9/h1,3-5,13H,2,6H2,(H2,11,12). The van der Waals surface area contributed by atoms with Gasteiger partial charge in [0.05, 0.1) is 0 Å². The molecule has 0 aliphatic carbocycles. The fourth-order valence-electron chi connectivity index (χ4n) is 0.902. The van der Waals surface area contributed by atoms with Crippen molar-refractivity contribution in [2.24, 2.45) is 0 Å². The van der Waals surface area contributed by atoms with Gasteiger partial charge < -0.3 is 5.73 Å². The second-order valence-corrected chi connectivity index (χ2v) is 3.32. The van der Waals surface area contributed by atoms with Crippen LogP contribution in [0.1, 0.15) is 12.0 Å². The fourth-order valence-corrected chi connectivity index (χ4v) is 1.28. The Hall–Kier alpha value is -0.670. The Labute approximate surface area is 88.2 Å². The van der Waals surface area contributed by atoms with Crippen molar-refractivity contribution in [3.8, 4) is 0 Å². The number of nitrogen functional groups attached to an aromatic ring is 1. The zero-order valence-corrected chi connectivity index (χ0v) is 8.72. The van der Waals surface area contributed by atoms with Crippen LogP contribution < -0.4 is 5.73 Å². The molecule has 0 spiro atoms. The predicted octanol–water partition coefficient (Wildman–Crippen LogP) is 2.65. The Morgan fingerprint density at radius 3 is 3.00 bits per heavy atom. The zero-order valence-electron chi connectivity index (χ0n) is 7.07. The molecule has 0 amide bonds. The van der Waals surface area contributed by atoms with Gasteiger partial charge in [-0.1, -0.05) is 23.8 Å². The lowest BCUT2D eigenvalue weighted by molar-refractivity contribution is 1.26. The van der Waals surface area contributed by atoms with Crippen LogP contribution in [0.15, 0.2) is 18.3 Å². The predicted molar refractivity (Wildman–Crippen MR) is 61.2 cm³/mol. The Kier molecular flexibility index (Phi) is 4.12. The SMILES string of the molecule is Nc1ccnc(Cl)c1C=CCCS. The van der Waals surface area contributed by atoms with Crippen molar-refractivity contribution in [1.82, 2.24) is 4.98 Å². The summed E-state index contributed by atoms with van der Waals surface area (Å²) in [7, 11) is 0. The minimum atomic E-state index is 0.440. The molecule has 1 aromatic heterocycles. The summed E-state index contributed by atoms with van der Waals surface area (Å²) in [5.41, 5.74) is 7.14. The third kappa shape index (κ3) is 2.94. The first-order valence-corrected chi connectivity index (χ1v) is 4.94. The molecule has 13 heavy (non-hydrogen) atoms. The Balaban J connectivity index is 2.87. The molecule has 0 aliphatic rings. The molecule has 4 heteroatoms. The lowest BCUT2D eigenvalue weighted by Gasteiger charge is -2.00. The van der Waals surface area contributed by atoms with Gasteiger partial charge in [0.25, 0.3) is 0 Å². The molecular formula is C9H11ClN2S. The summed E-state index contributed by atoms with van der Waals surface area (Å²) in [4.78, 5) is 3.93. The van der Waals surface area contributed by atoms with Crippen molar-refractivity contribution < 1.29 is 0 Å². The highest BCUT2D eigenvalue weighted by Gasteiger charge is 2.00. The third-order valence-corrected chi connectivity index (χ3v) is 2.11. The van der Waals surface area contributed by atoms with Gasteiger partial charge in [-0.15, -0.1) is 0 Å². The van der Waals surface area contributed by atoms with Crippen LogP contribution in [0.4, 0.5) is 5.69 Å². The first-order chi connectivity index (χ1) is 6.25. The molecule has 2 N–H and O–H groups in total. The zero-order chi connectivity index (χ0) is 9.68. The molecule has 0 radical (unpaired) electrons. The van der Waals surface area contributed by atoms with E-state index in [-0.39, 0.29) is 0 Å². The number of rotatable bonds is 3. The summed E-state index contributed by atoms with van der Waals surface area (Å²) in [6, 6.07) is 1.73. The van der Waals surface area contributed by atoms with Crippen molar-refractivity contribution in [3.63, 3.8) is 0 Å². The Morgan fingerprint density at radius 2 is 2.38 bits per heavy atom. The summed E-state index contributed by atoms with van der Waals surface area (Å²) in [6.07, 6.45) is 6.34. The highest BCUT2D eigenvalue weighted by Crippen LogP contribution is 2.20. The maximum atomic E-state index is 5.85. The van der Waals surface area contributed by atoms with Crippen molar-refractivity contribution in [3.05, 3.63) is 29.1 Å². The fraction of sp³-hybridized carbons (Fsp3) is 0.222. The van der Waals surface area contributed by atoms with E-state index in [0.29, 0.717) is 10.8 Å². The van der Waals surface area contributed by atoms with E-state index < -0.39 is 0 Å². The Bertz CT molecular complexity index is 292. The molecule has 2 nitrogen and oxygen atoms in total. The van der Waals surface area contributed by atoms with Crippen LogP contribution in [-0.4, -0.2) is 10.7 Å². The molecule has 1 aromatic rings. The van der Waals surface area contributed by atoms with Gasteiger partial charge in [0.1, 0.15) is 5.15 Å². The van der Waals surface area contributed by atoms with E-state index in [1.165, 1.54) is 0 Å². The first kappa shape index (κ1) is 10.4. The van der Waals surface area contributed by atoms with Crippen LogP contribution in [0.3, 0.4) is 0 Å². The van der Waals surface area contributed by atoms with E-state index in [4.69, 9.17) is 17.3 Å². The van der Waals surface area contributed by atoms with Crippen LogP contribution in [0.2, 0.25) is 5.15 Å². The molecule has 0 saturated heterocycles. The van der Waals surface area contributed by atoms with E-state index in [1.807, 2.05) is 12.2 Å². The number of thiol groups is 1. The molecule has 0 bridgehead atoms. The second kappa shape index (κ2) is 5.14.